The Labute approximate surface area is 219 Å². The third kappa shape index (κ3) is 3.85. The molecule has 0 radical (unpaired) electrons. The molecule has 7 rings (SSSR count). The molecule has 3 aliphatic heterocycles. The second kappa shape index (κ2) is 9.05. The molecule has 4 aliphatic rings. The number of nitrogens with one attached hydrogen (secondary N) is 1. The molecule has 2 saturated heterocycles. The van der Waals surface area contributed by atoms with Gasteiger partial charge < -0.3 is 28.8 Å². The van der Waals surface area contributed by atoms with Crippen LogP contribution < -0.4 is 10.1 Å². The first-order chi connectivity index (χ1) is 18.5. The number of aromatic nitrogens is 3. The number of anilines is 1. The van der Waals surface area contributed by atoms with Gasteiger partial charge in [-0.15, -0.1) is 0 Å². The molecule has 3 fully saturated rings. The number of carbonyl (C=O) groups is 1. The Morgan fingerprint density at radius 2 is 2.13 bits per heavy atom. The lowest BCUT2D eigenvalue weighted by molar-refractivity contribution is -0.114. The number of nitrogens with zero attached hydrogens (tertiary/aromatic N) is 4. The van der Waals surface area contributed by atoms with Crippen molar-refractivity contribution in [2.75, 3.05) is 38.4 Å². The largest absolute Gasteiger partial charge is 0.485 e. The van der Waals surface area contributed by atoms with Gasteiger partial charge in [-0.1, -0.05) is 0 Å². The molecular formula is C28H29N5O5. The molecule has 3 aromatic rings. The lowest BCUT2D eigenvalue weighted by Crippen LogP contribution is -2.40. The first-order valence-corrected chi connectivity index (χ1v) is 13.2. The Kier molecular flexibility index (Phi) is 5.62. The molecule has 3 aromatic heterocycles. The average molecular weight is 516 g/mol. The van der Waals surface area contributed by atoms with Crippen molar-refractivity contribution in [1.29, 1.82) is 5.26 Å². The van der Waals surface area contributed by atoms with Crippen LogP contribution in [0.4, 0.5) is 5.82 Å². The van der Waals surface area contributed by atoms with E-state index in [2.05, 4.69) is 27.1 Å². The first kappa shape index (κ1) is 23.6. The summed E-state index contributed by atoms with van der Waals surface area (Å²) in [6.45, 7) is 4.31. The van der Waals surface area contributed by atoms with E-state index in [1.54, 1.807) is 6.20 Å². The molecule has 1 atom stereocenters. The van der Waals surface area contributed by atoms with E-state index in [4.69, 9.17) is 23.9 Å². The molecule has 1 unspecified atom stereocenters. The number of rotatable bonds is 5. The molecular weight excluding hydrogens is 486 g/mol. The topological polar surface area (TPSA) is 121 Å². The van der Waals surface area contributed by atoms with Gasteiger partial charge in [0.2, 0.25) is 5.91 Å². The van der Waals surface area contributed by atoms with Gasteiger partial charge in [0.15, 0.2) is 0 Å². The van der Waals surface area contributed by atoms with Crippen LogP contribution in [0.1, 0.15) is 43.5 Å². The van der Waals surface area contributed by atoms with Crippen molar-refractivity contribution in [3.05, 3.63) is 35.8 Å². The third-order valence-electron chi connectivity index (χ3n) is 8.12. The molecule has 10 heteroatoms. The van der Waals surface area contributed by atoms with E-state index in [-0.39, 0.29) is 24.0 Å². The van der Waals surface area contributed by atoms with E-state index in [1.165, 1.54) is 6.92 Å². The molecule has 1 aliphatic carbocycles. The molecule has 0 bridgehead atoms. The second-order valence-corrected chi connectivity index (χ2v) is 10.7. The summed E-state index contributed by atoms with van der Waals surface area (Å²) in [5.74, 6) is 1.19. The van der Waals surface area contributed by atoms with Crippen LogP contribution in [-0.2, 0) is 31.0 Å². The molecule has 10 nitrogen and oxygen atoms in total. The highest BCUT2D eigenvalue weighted by atomic mass is 16.6. The Bertz CT molecular complexity index is 1460. The summed E-state index contributed by atoms with van der Waals surface area (Å²) in [6, 6.07) is 6.51. The first-order valence-electron chi connectivity index (χ1n) is 13.2. The van der Waals surface area contributed by atoms with Crippen molar-refractivity contribution in [2.24, 2.45) is 5.92 Å². The van der Waals surface area contributed by atoms with Crippen molar-refractivity contribution in [1.82, 2.24) is 14.5 Å². The summed E-state index contributed by atoms with van der Waals surface area (Å²) < 4.78 is 26.1. The minimum Gasteiger partial charge on any atom is -0.485 e. The molecule has 1 N–H and O–H groups in total. The monoisotopic (exact) mass is 515 g/mol. The van der Waals surface area contributed by atoms with Gasteiger partial charge in [0.25, 0.3) is 0 Å². The van der Waals surface area contributed by atoms with Crippen LogP contribution in [0.3, 0.4) is 0 Å². The van der Waals surface area contributed by atoms with Gasteiger partial charge in [-0.25, -0.2) is 9.97 Å². The maximum Gasteiger partial charge on any atom is 0.222 e. The molecule has 196 valence electrons. The van der Waals surface area contributed by atoms with Gasteiger partial charge in [0, 0.05) is 61.2 Å². The normalized spacial score (nSPS) is 26.4. The fraction of sp³-hybridized carbons (Fsp3) is 0.500. The van der Waals surface area contributed by atoms with E-state index in [9.17, 15) is 10.1 Å². The highest BCUT2D eigenvalue weighted by Crippen LogP contribution is 2.46. The number of ether oxygens (including phenoxy) is 4. The summed E-state index contributed by atoms with van der Waals surface area (Å²) in [6.07, 6.45) is 6.99. The van der Waals surface area contributed by atoms with Crippen LogP contribution in [0, 0.1) is 17.2 Å². The van der Waals surface area contributed by atoms with E-state index in [0.29, 0.717) is 38.9 Å². The summed E-state index contributed by atoms with van der Waals surface area (Å²) in [5, 5.41) is 13.1. The molecule has 0 aromatic carbocycles. The van der Waals surface area contributed by atoms with E-state index in [0.717, 1.165) is 64.9 Å². The smallest absolute Gasteiger partial charge is 0.222 e. The van der Waals surface area contributed by atoms with Crippen molar-refractivity contribution in [2.45, 2.75) is 50.4 Å². The van der Waals surface area contributed by atoms with Gasteiger partial charge in [-0.05, 0) is 18.9 Å². The zero-order valence-corrected chi connectivity index (χ0v) is 21.2. The fourth-order valence-electron chi connectivity index (χ4n) is 5.96. The fourth-order valence-corrected chi connectivity index (χ4v) is 5.96. The number of amides is 1. The van der Waals surface area contributed by atoms with E-state index in [1.807, 2.05) is 12.1 Å². The number of pyridine rings is 2. The summed E-state index contributed by atoms with van der Waals surface area (Å²) in [4.78, 5) is 21.5. The van der Waals surface area contributed by atoms with Crippen molar-refractivity contribution >= 4 is 22.6 Å². The number of nitriles is 1. The Morgan fingerprint density at radius 1 is 1.26 bits per heavy atom. The minimum atomic E-state index is -0.576. The van der Waals surface area contributed by atoms with Gasteiger partial charge in [-0.3, -0.25) is 4.79 Å². The number of hydrogen-bond donors (Lipinski definition) is 1. The SMILES string of the molecule is CC(=O)Nc1cc2c(-c3cc(OC4COC4)c4c(n3)C3(CCOC3)OCC4)cn([C@H]3C[C@@H](C#N)C3)c2cn1. The molecule has 1 amide bonds. The average Bonchev–Trinajstić information content (AvgIpc) is 3.46. The molecule has 1 saturated carbocycles. The number of carbonyl (C=O) groups excluding carboxylic acids is 1. The minimum absolute atomic E-state index is 0.0165. The Hall–Kier alpha value is -3.52. The van der Waals surface area contributed by atoms with Gasteiger partial charge >= 0.3 is 0 Å². The van der Waals surface area contributed by atoms with Gasteiger partial charge in [0.1, 0.15) is 23.3 Å². The van der Waals surface area contributed by atoms with Crippen LogP contribution in [-0.4, -0.2) is 59.6 Å². The lowest BCUT2D eigenvalue weighted by atomic mass is 9.81. The summed E-state index contributed by atoms with van der Waals surface area (Å²) in [5.41, 5.74) is 4.03. The second-order valence-electron chi connectivity index (χ2n) is 10.7. The summed E-state index contributed by atoms with van der Waals surface area (Å²) in [7, 11) is 0. The Balaban J connectivity index is 1.40. The molecule has 6 heterocycles. The van der Waals surface area contributed by atoms with Crippen molar-refractivity contribution < 1.29 is 23.7 Å². The van der Waals surface area contributed by atoms with E-state index >= 15 is 0 Å². The maximum absolute atomic E-state index is 11.8. The summed E-state index contributed by atoms with van der Waals surface area (Å²) >= 11 is 0. The highest BCUT2D eigenvalue weighted by Gasteiger charge is 2.45. The van der Waals surface area contributed by atoms with Crippen LogP contribution in [0.15, 0.2) is 24.5 Å². The maximum atomic E-state index is 11.8. The zero-order valence-electron chi connectivity index (χ0n) is 21.2. The standard InChI is InChI=1S/C28H29N5O5/c1-16(34)31-26-8-21-22(12-33(24(21)11-30-26)18-6-17(7-18)10-29)23-9-25(38-19-13-36-14-19)20-2-4-37-28(27(20)32-23)3-5-35-15-28/h8-9,11-12,17-19H,2-7,13-15H2,1H3,(H,30,31,34)/t17-,18+,28?. The van der Waals surface area contributed by atoms with Crippen LogP contribution in [0.2, 0.25) is 0 Å². The zero-order chi connectivity index (χ0) is 25.9. The Morgan fingerprint density at radius 3 is 2.84 bits per heavy atom. The molecule has 38 heavy (non-hydrogen) atoms. The number of fused-ring (bicyclic) bond motifs is 3. The van der Waals surface area contributed by atoms with Gasteiger partial charge in [0.05, 0.1) is 61.5 Å². The van der Waals surface area contributed by atoms with Crippen LogP contribution in [0.25, 0.3) is 22.2 Å². The van der Waals surface area contributed by atoms with E-state index < -0.39 is 5.60 Å². The highest BCUT2D eigenvalue weighted by molar-refractivity contribution is 5.98. The number of hydrogen-bond acceptors (Lipinski definition) is 8. The third-order valence-corrected chi connectivity index (χ3v) is 8.12. The van der Waals surface area contributed by atoms with Crippen molar-refractivity contribution in [3.8, 4) is 23.1 Å². The quantitative estimate of drug-likeness (QED) is 0.548. The van der Waals surface area contributed by atoms with Crippen LogP contribution >= 0.6 is 0 Å². The lowest BCUT2D eigenvalue weighted by Gasteiger charge is -2.36. The predicted octanol–water partition coefficient (Wildman–Crippen LogP) is 3.50. The van der Waals surface area contributed by atoms with Crippen molar-refractivity contribution in [3.63, 3.8) is 0 Å². The van der Waals surface area contributed by atoms with Gasteiger partial charge in [-0.2, -0.15) is 5.26 Å². The molecule has 1 spiro atoms. The van der Waals surface area contributed by atoms with Crippen LogP contribution in [0.5, 0.6) is 5.75 Å². The predicted molar refractivity (Wildman–Crippen MR) is 137 cm³/mol.